The van der Waals surface area contributed by atoms with Gasteiger partial charge in [0.1, 0.15) is 18.3 Å². The molecule has 3 heterocycles. The molecule has 0 saturated carbocycles. The number of carbonyl (C=O) groups excluding carboxylic acids is 1. The fourth-order valence-corrected chi connectivity index (χ4v) is 5.87. The molecule has 1 fully saturated rings. The molecule has 0 aromatic rings. The van der Waals surface area contributed by atoms with E-state index >= 15 is 0 Å². The van der Waals surface area contributed by atoms with E-state index in [1.165, 1.54) is 11.6 Å². The van der Waals surface area contributed by atoms with Crippen LogP contribution < -0.4 is 0 Å². The summed E-state index contributed by atoms with van der Waals surface area (Å²) in [5.74, 6) is 0.181. The lowest BCUT2D eigenvalue weighted by atomic mass is 9.90. The van der Waals surface area contributed by atoms with Gasteiger partial charge in [-0.05, 0) is 70.1 Å². The number of hydrogen-bond donors (Lipinski definition) is 2. The summed E-state index contributed by atoms with van der Waals surface area (Å²) in [6, 6.07) is 0. The highest BCUT2D eigenvalue weighted by Crippen LogP contribution is 2.35. The topological polar surface area (TPSA) is 88.5 Å². The number of epoxide rings is 1. The number of fused-ring (bicyclic) bond motifs is 3. The largest absolute Gasteiger partial charge is 0.456 e. The molecule has 2 unspecified atom stereocenters. The second kappa shape index (κ2) is 13.2. The van der Waals surface area contributed by atoms with Crippen molar-refractivity contribution in [2.75, 3.05) is 0 Å². The second-order valence-electron chi connectivity index (χ2n) is 11.5. The van der Waals surface area contributed by atoms with Gasteiger partial charge in [-0.1, -0.05) is 61.1 Å². The molecule has 0 spiro atoms. The summed E-state index contributed by atoms with van der Waals surface area (Å²) in [4.78, 5) is 12.7. The Morgan fingerprint density at radius 2 is 2.00 bits per heavy atom. The van der Waals surface area contributed by atoms with Gasteiger partial charge in [0.05, 0.1) is 24.4 Å². The van der Waals surface area contributed by atoms with E-state index in [0.717, 1.165) is 44.1 Å². The van der Waals surface area contributed by atoms with Crippen LogP contribution in [0.4, 0.5) is 0 Å². The van der Waals surface area contributed by atoms with Crippen LogP contribution in [0.3, 0.4) is 0 Å². The molecule has 37 heavy (non-hydrogen) atoms. The van der Waals surface area contributed by atoms with E-state index in [0.29, 0.717) is 25.2 Å². The van der Waals surface area contributed by atoms with Gasteiger partial charge in [-0.2, -0.15) is 0 Å². The number of aliphatic hydroxyl groups is 2. The zero-order valence-corrected chi connectivity index (χ0v) is 22.3. The van der Waals surface area contributed by atoms with Crippen molar-refractivity contribution in [3.63, 3.8) is 0 Å². The number of hydrogen-bond acceptors (Lipinski definition) is 6. The van der Waals surface area contributed by atoms with Crippen molar-refractivity contribution >= 4 is 5.97 Å². The minimum atomic E-state index is -0.957. The Kier molecular flexibility index (Phi) is 9.99. The first-order valence-corrected chi connectivity index (χ1v) is 14.0. The van der Waals surface area contributed by atoms with Gasteiger partial charge < -0.3 is 24.4 Å². The summed E-state index contributed by atoms with van der Waals surface area (Å²) >= 11 is 0. The van der Waals surface area contributed by atoms with Crippen molar-refractivity contribution in [2.24, 2.45) is 11.8 Å². The monoisotopic (exact) mass is 512 g/mol. The summed E-state index contributed by atoms with van der Waals surface area (Å²) in [6.07, 6.45) is 17.8. The lowest BCUT2D eigenvalue weighted by Gasteiger charge is -2.28. The lowest BCUT2D eigenvalue weighted by Crippen LogP contribution is -2.32. The van der Waals surface area contributed by atoms with E-state index in [1.54, 1.807) is 12.2 Å². The van der Waals surface area contributed by atoms with Crippen molar-refractivity contribution in [1.29, 1.82) is 0 Å². The molecule has 1 saturated heterocycles. The van der Waals surface area contributed by atoms with Crippen LogP contribution in [0.15, 0.2) is 60.3 Å². The van der Waals surface area contributed by atoms with E-state index in [9.17, 15) is 15.0 Å². The van der Waals surface area contributed by atoms with Gasteiger partial charge in [-0.15, -0.1) is 0 Å². The lowest BCUT2D eigenvalue weighted by molar-refractivity contribution is -0.148. The number of esters is 1. The SMILES string of the molecule is C=C1C[C@H](C)C[C@@H]2CC=C[C@@H](C/C=C\C(=O)OC([C@@H](O)/C=C/C3C=C(C)CCC3)C[C@@H]3O[C@H]3[C@@H](O)C1)O2. The van der Waals surface area contributed by atoms with E-state index in [1.807, 2.05) is 12.2 Å². The molecule has 2 bridgehead atoms. The average molecular weight is 513 g/mol. The molecule has 0 aromatic carbocycles. The van der Waals surface area contributed by atoms with Crippen LogP contribution in [0.2, 0.25) is 0 Å². The summed E-state index contributed by atoms with van der Waals surface area (Å²) in [5, 5.41) is 21.7. The number of rotatable bonds is 3. The van der Waals surface area contributed by atoms with Crippen molar-refractivity contribution in [2.45, 2.75) is 114 Å². The second-order valence-corrected chi connectivity index (χ2v) is 11.5. The Morgan fingerprint density at radius 1 is 1.16 bits per heavy atom. The minimum Gasteiger partial charge on any atom is -0.456 e. The fourth-order valence-electron chi connectivity index (χ4n) is 5.87. The Balaban J connectivity index is 1.45. The summed E-state index contributed by atoms with van der Waals surface area (Å²) in [6.45, 7) is 8.53. The van der Waals surface area contributed by atoms with Crippen molar-refractivity contribution in [1.82, 2.24) is 0 Å². The van der Waals surface area contributed by atoms with Gasteiger partial charge in [0.2, 0.25) is 0 Å². The summed E-state index contributed by atoms with van der Waals surface area (Å²) in [5.41, 5.74) is 2.37. The third-order valence-corrected chi connectivity index (χ3v) is 7.82. The van der Waals surface area contributed by atoms with E-state index in [2.05, 4.69) is 32.6 Å². The van der Waals surface area contributed by atoms with Crippen molar-refractivity contribution in [3.8, 4) is 0 Å². The minimum absolute atomic E-state index is 0.0733. The summed E-state index contributed by atoms with van der Waals surface area (Å²) in [7, 11) is 0. The van der Waals surface area contributed by atoms with Crippen LogP contribution in [0.1, 0.15) is 71.6 Å². The molecular formula is C31H44O6. The van der Waals surface area contributed by atoms with Gasteiger partial charge >= 0.3 is 5.97 Å². The zero-order chi connectivity index (χ0) is 26.4. The fraction of sp³-hybridized carbons (Fsp3) is 0.645. The van der Waals surface area contributed by atoms with Crippen LogP contribution in [-0.4, -0.2) is 58.9 Å². The van der Waals surface area contributed by atoms with Gasteiger partial charge in [0.15, 0.2) is 0 Å². The number of cyclic esters (lactones) is 1. The molecule has 9 atom stereocenters. The standard InChI is InChI=1S/C31H44O6/c1-20-7-4-8-23(16-20)13-14-26(32)28-19-29-31(37-29)27(33)18-22(3)15-21(2)17-25-11-5-9-24(35-25)10-6-12-30(34)36-28/h5-6,9,12-14,16,21,23-29,31-33H,3-4,7-8,10-11,15,17-19H2,1-2H3/b12-6-,14-13+/t21-,23?,24-,25-,26-,27-,28?,29-,31-/m0/s1. The van der Waals surface area contributed by atoms with Gasteiger partial charge in [-0.3, -0.25) is 0 Å². The molecule has 3 aliphatic heterocycles. The van der Waals surface area contributed by atoms with Gasteiger partial charge in [0.25, 0.3) is 0 Å². The first kappa shape index (κ1) is 28.0. The molecule has 204 valence electrons. The zero-order valence-electron chi connectivity index (χ0n) is 22.3. The van der Waals surface area contributed by atoms with Gasteiger partial charge in [-0.25, -0.2) is 4.79 Å². The van der Waals surface area contributed by atoms with Crippen LogP contribution in [0.5, 0.6) is 0 Å². The maximum absolute atomic E-state index is 12.7. The first-order valence-electron chi connectivity index (χ1n) is 14.0. The molecule has 0 radical (unpaired) electrons. The van der Waals surface area contributed by atoms with E-state index in [-0.39, 0.29) is 30.3 Å². The molecule has 6 heteroatoms. The maximum atomic E-state index is 12.7. The number of ether oxygens (including phenoxy) is 3. The van der Waals surface area contributed by atoms with Crippen LogP contribution in [0, 0.1) is 11.8 Å². The Bertz CT molecular complexity index is 917. The molecule has 0 aromatic heterocycles. The molecule has 4 rings (SSSR count). The number of aliphatic hydroxyl groups excluding tert-OH is 2. The Hall–Kier alpha value is -1.99. The highest BCUT2D eigenvalue weighted by Gasteiger charge is 2.46. The predicted octanol–water partition coefficient (Wildman–Crippen LogP) is 5.12. The predicted molar refractivity (Wildman–Crippen MR) is 144 cm³/mol. The summed E-state index contributed by atoms with van der Waals surface area (Å²) < 4.78 is 17.7. The van der Waals surface area contributed by atoms with Crippen molar-refractivity contribution < 1.29 is 29.2 Å². The quantitative estimate of drug-likeness (QED) is 0.310. The van der Waals surface area contributed by atoms with E-state index < -0.39 is 24.3 Å². The molecule has 4 aliphatic rings. The number of carbonyl (C=O) groups is 1. The van der Waals surface area contributed by atoms with Crippen LogP contribution in [0.25, 0.3) is 0 Å². The maximum Gasteiger partial charge on any atom is 0.330 e. The van der Waals surface area contributed by atoms with Crippen LogP contribution in [-0.2, 0) is 19.0 Å². The first-order chi connectivity index (χ1) is 17.8. The van der Waals surface area contributed by atoms with Crippen LogP contribution >= 0.6 is 0 Å². The molecule has 1 aliphatic carbocycles. The normalized spacial score (nSPS) is 39.6. The smallest absolute Gasteiger partial charge is 0.330 e. The molecular weight excluding hydrogens is 468 g/mol. The third-order valence-electron chi connectivity index (χ3n) is 7.82. The average Bonchev–Trinajstić information content (AvgIpc) is 3.61. The van der Waals surface area contributed by atoms with Crippen molar-refractivity contribution in [3.05, 3.63) is 60.3 Å². The third kappa shape index (κ3) is 8.78. The highest BCUT2D eigenvalue weighted by atomic mass is 16.6. The Labute approximate surface area is 221 Å². The molecule has 6 nitrogen and oxygen atoms in total. The number of allylic oxidation sites excluding steroid dienone is 3. The highest BCUT2D eigenvalue weighted by molar-refractivity contribution is 5.82. The molecule has 2 N–H and O–H groups in total. The Morgan fingerprint density at radius 3 is 2.81 bits per heavy atom. The molecule has 0 amide bonds. The van der Waals surface area contributed by atoms with E-state index in [4.69, 9.17) is 14.2 Å². The van der Waals surface area contributed by atoms with Gasteiger partial charge in [0, 0.05) is 12.5 Å².